The molecule has 1 N–H and O–H groups in total. The minimum Gasteiger partial charge on any atom is -0.346 e. The van der Waals surface area contributed by atoms with Gasteiger partial charge in [-0.2, -0.15) is 15.6 Å². The highest BCUT2D eigenvalue weighted by atomic mass is 32.2. The van der Waals surface area contributed by atoms with E-state index in [-0.39, 0.29) is 17.1 Å². The third-order valence-corrected chi connectivity index (χ3v) is 7.56. The van der Waals surface area contributed by atoms with Crippen LogP contribution >= 0.6 is 0 Å². The number of benzene rings is 2. The highest BCUT2D eigenvalue weighted by molar-refractivity contribution is 7.90. The Morgan fingerprint density at radius 1 is 1.06 bits per heavy atom. The van der Waals surface area contributed by atoms with Gasteiger partial charge in [-0.3, -0.25) is 4.68 Å². The number of hydrogen-bond donors (Lipinski definition) is 1. The lowest BCUT2D eigenvalue weighted by Crippen LogP contribution is -2.12. The van der Waals surface area contributed by atoms with E-state index in [4.69, 9.17) is 5.26 Å². The molecule has 1 unspecified atom stereocenters. The molecule has 0 saturated heterocycles. The highest BCUT2D eigenvalue weighted by Crippen LogP contribution is 2.29. The molecule has 3 heterocycles. The van der Waals surface area contributed by atoms with Gasteiger partial charge in [0.25, 0.3) is 0 Å². The van der Waals surface area contributed by atoms with E-state index < -0.39 is 15.9 Å². The third kappa shape index (κ3) is 4.45. The van der Waals surface area contributed by atoms with E-state index in [1.165, 1.54) is 6.33 Å². The molecule has 0 fully saturated rings. The summed E-state index contributed by atoms with van der Waals surface area (Å²) in [6, 6.07) is 18.7. The Bertz CT molecular complexity index is 1740. The van der Waals surface area contributed by atoms with E-state index in [0.29, 0.717) is 28.0 Å². The van der Waals surface area contributed by atoms with Crippen LogP contribution in [0.15, 0.2) is 84.4 Å². The molecular formula is C26H19N7O2S. The first-order valence-electron chi connectivity index (χ1n) is 11.0. The zero-order chi connectivity index (χ0) is 25.1. The van der Waals surface area contributed by atoms with Crippen molar-refractivity contribution < 1.29 is 8.42 Å². The second-order valence-corrected chi connectivity index (χ2v) is 10.2. The van der Waals surface area contributed by atoms with Gasteiger partial charge in [0.1, 0.15) is 12.0 Å². The molecule has 5 rings (SSSR count). The lowest BCUT2D eigenvalue weighted by molar-refractivity contribution is 0.531. The van der Waals surface area contributed by atoms with Crippen LogP contribution in [0.1, 0.15) is 29.2 Å². The average molecular weight is 494 g/mol. The van der Waals surface area contributed by atoms with Crippen molar-refractivity contribution in [2.45, 2.75) is 23.1 Å². The van der Waals surface area contributed by atoms with Crippen LogP contribution in [0.25, 0.3) is 22.3 Å². The summed E-state index contributed by atoms with van der Waals surface area (Å²) in [6.07, 6.45) is 6.83. The maximum Gasteiger partial charge on any atom is 0.182 e. The van der Waals surface area contributed by atoms with Gasteiger partial charge >= 0.3 is 0 Å². The van der Waals surface area contributed by atoms with Crippen LogP contribution in [-0.4, -0.2) is 33.2 Å². The van der Waals surface area contributed by atoms with Gasteiger partial charge in [0, 0.05) is 23.3 Å². The monoisotopic (exact) mass is 493 g/mol. The maximum atomic E-state index is 13.1. The normalized spacial score (nSPS) is 12.2. The fraction of sp³-hybridized carbons (Fsp3) is 0.115. The number of hydrogen-bond acceptors (Lipinski definition) is 7. The molecule has 0 radical (unpaired) electrons. The second-order valence-electron chi connectivity index (χ2n) is 8.19. The van der Waals surface area contributed by atoms with Gasteiger partial charge in [-0.15, -0.1) is 0 Å². The predicted octanol–water partition coefficient (Wildman–Crippen LogP) is 4.17. The van der Waals surface area contributed by atoms with Gasteiger partial charge in [0.15, 0.2) is 9.84 Å². The van der Waals surface area contributed by atoms with E-state index in [2.05, 4.69) is 26.1 Å². The van der Waals surface area contributed by atoms with Crippen molar-refractivity contribution >= 4 is 20.9 Å². The Hall–Kier alpha value is -4.80. The molecule has 0 saturated carbocycles. The lowest BCUT2D eigenvalue weighted by Gasteiger charge is -2.16. The first-order valence-corrected chi connectivity index (χ1v) is 12.6. The Morgan fingerprint density at radius 2 is 1.89 bits per heavy atom. The lowest BCUT2D eigenvalue weighted by atomic mass is 10.0. The first kappa shape index (κ1) is 23.0. The van der Waals surface area contributed by atoms with E-state index in [1.807, 2.05) is 12.1 Å². The minimum atomic E-state index is -3.66. The van der Waals surface area contributed by atoms with Crippen LogP contribution in [0, 0.1) is 22.7 Å². The number of aromatic nitrogens is 5. The number of fused-ring (bicyclic) bond motifs is 1. The molecular weight excluding hydrogens is 474 g/mol. The molecule has 1 atom stereocenters. The Morgan fingerprint density at radius 3 is 2.67 bits per heavy atom. The molecule has 0 aliphatic carbocycles. The summed E-state index contributed by atoms with van der Waals surface area (Å²) in [5.74, 6) is -0.197. The van der Waals surface area contributed by atoms with Gasteiger partial charge < -0.3 is 4.98 Å². The van der Waals surface area contributed by atoms with Crippen LogP contribution in [-0.2, 0) is 15.6 Å². The fourth-order valence-corrected chi connectivity index (χ4v) is 5.48. The Balaban J connectivity index is 1.46. The molecule has 0 bridgehead atoms. The van der Waals surface area contributed by atoms with Gasteiger partial charge in [-0.1, -0.05) is 24.3 Å². The molecule has 3 aromatic heterocycles. The van der Waals surface area contributed by atoms with Gasteiger partial charge in [0.2, 0.25) is 0 Å². The quantitative estimate of drug-likeness (QED) is 0.359. The van der Waals surface area contributed by atoms with Crippen LogP contribution in [0.3, 0.4) is 0 Å². The first-order chi connectivity index (χ1) is 17.5. The summed E-state index contributed by atoms with van der Waals surface area (Å²) in [7, 11) is -3.66. The maximum absolute atomic E-state index is 13.1. The number of sulfone groups is 1. The van der Waals surface area contributed by atoms with Crippen LogP contribution in [0.4, 0.5) is 0 Å². The Kier molecular flexibility index (Phi) is 6.03. The summed E-state index contributed by atoms with van der Waals surface area (Å²) < 4.78 is 27.9. The van der Waals surface area contributed by atoms with Gasteiger partial charge in [-0.05, 0) is 41.5 Å². The van der Waals surface area contributed by atoms with Crippen molar-refractivity contribution in [1.82, 2.24) is 24.7 Å². The Labute approximate surface area is 207 Å². The summed E-state index contributed by atoms with van der Waals surface area (Å²) >= 11 is 0. The van der Waals surface area contributed by atoms with Crippen molar-refractivity contribution in [2.75, 3.05) is 0 Å². The second kappa shape index (κ2) is 9.45. The third-order valence-electron chi connectivity index (χ3n) is 5.87. The molecule has 2 aromatic carbocycles. The highest BCUT2D eigenvalue weighted by Gasteiger charge is 2.21. The number of aromatic amines is 1. The van der Waals surface area contributed by atoms with Gasteiger partial charge in [0.05, 0.1) is 52.7 Å². The molecule has 5 aromatic rings. The van der Waals surface area contributed by atoms with E-state index >= 15 is 0 Å². The number of nitriles is 2. The van der Waals surface area contributed by atoms with Crippen LogP contribution < -0.4 is 0 Å². The van der Waals surface area contributed by atoms with Gasteiger partial charge in [-0.25, -0.2) is 18.4 Å². The largest absolute Gasteiger partial charge is 0.346 e. The van der Waals surface area contributed by atoms with E-state index in [0.717, 1.165) is 10.9 Å². The van der Waals surface area contributed by atoms with Crippen molar-refractivity contribution in [3.8, 4) is 23.4 Å². The van der Waals surface area contributed by atoms with E-state index in [9.17, 15) is 13.7 Å². The number of nitrogens with zero attached hydrogens (tertiary/aromatic N) is 6. The van der Waals surface area contributed by atoms with Crippen LogP contribution in [0.5, 0.6) is 0 Å². The molecule has 9 nitrogen and oxygen atoms in total. The molecule has 176 valence electrons. The average Bonchev–Trinajstić information content (AvgIpc) is 3.57. The van der Waals surface area contributed by atoms with Crippen molar-refractivity contribution in [2.24, 2.45) is 0 Å². The zero-order valence-electron chi connectivity index (χ0n) is 18.9. The number of nitrogens with one attached hydrogen (secondary N) is 1. The summed E-state index contributed by atoms with van der Waals surface area (Å²) in [5.41, 5.74) is 3.89. The number of rotatable bonds is 7. The standard InChI is InChI=1S/C26H19N7O2S/c27-10-8-24(33-15-21(14-32-33)25-23-9-11-29-26(23)31-17-30-25)20-2-1-3-22(12-20)36(34,35)16-19-6-4-18(13-28)5-7-19/h1-7,9,11-12,14-15,17,24H,8,16H2,(H,29,30,31). The topological polar surface area (TPSA) is 141 Å². The molecule has 10 heteroatoms. The smallest absolute Gasteiger partial charge is 0.182 e. The molecule has 0 aliphatic heterocycles. The molecule has 36 heavy (non-hydrogen) atoms. The molecule has 0 amide bonds. The fourth-order valence-electron chi connectivity index (χ4n) is 4.08. The zero-order valence-corrected chi connectivity index (χ0v) is 19.7. The van der Waals surface area contributed by atoms with Crippen molar-refractivity contribution in [1.29, 1.82) is 10.5 Å². The molecule has 0 spiro atoms. The minimum absolute atomic E-state index is 0.101. The molecule has 0 aliphatic rings. The summed E-state index contributed by atoms with van der Waals surface area (Å²) in [5, 5.41) is 23.8. The van der Waals surface area contributed by atoms with E-state index in [1.54, 1.807) is 71.8 Å². The van der Waals surface area contributed by atoms with Crippen molar-refractivity contribution in [3.63, 3.8) is 0 Å². The summed E-state index contributed by atoms with van der Waals surface area (Å²) in [4.78, 5) is 11.8. The predicted molar refractivity (Wildman–Crippen MR) is 132 cm³/mol. The summed E-state index contributed by atoms with van der Waals surface area (Å²) in [6.45, 7) is 0. The SMILES string of the molecule is N#CCC(c1cccc(S(=O)(=O)Cc2ccc(C#N)cc2)c1)n1cc(-c2ncnc3[nH]ccc23)cn1. The van der Waals surface area contributed by atoms with Crippen molar-refractivity contribution in [3.05, 3.63) is 96.2 Å². The van der Waals surface area contributed by atoms with Crippen LogP contribution in [0.2, 0.25) is 0 Å². The number of H-pyrrole nitrogens is 1.